The number of benzene rings is 1. The highest BCUT2D eigenvalue weighted by Gasteiger charge is 2.48. The predicted molar refractivity (Wildman–Crippen MR) is 173 cm³/mol. The van der Waals surface area contributed by atoms with Gasteiger partial charge in [-0.2, -0.15) is 0 Å². The number of aromatic nitrogens is 2. The quantitative estimate of drug-likeness (QED) is 0.133. The third-order valence-electron chi connectivity index (χ3n) is 10.1. The Morgan fingerprint density at radius 2 is 1.75 bits per heavy atom. The molecule has 0 radical (unpaired) electrons. The van der Waals surface area contributed by atoms with Crippen molar-refractivity contribution in [1.82, 2.24) is 20.2 Å². The van der Waals surface area contributed by atoms with Crippen molar-refractivity contribution in [3.63, 3.8) is 0 Å². The van der Waals surface area contributed by atoms with Crippen LogP contribution in [0.5, 0.6) is 0 Å². The van der Waals surface area contributed by atoms with E-state index in [-0.39, 0.29) is 30.9 Å². The third kappa shape index (κ3) is 8.85. The molecule has 13 nitrogen and oxygen atoms in total. The molecular formula is C34H50FN5O8. The third-order valence-corrected chi connectivity index (χ3v) is 10.1. The van der Waals surface area contributed by atoms with Crippen LogP contribution in [0, 0.1) is 29.5 Å². The van der Waals surface area contributed by atoms with Crippen molar-refractivity contribution in [2.45, 2.75) is 62.8 Å². The highest BCUT2D eigenvalue weighted by atomic mass is 19.1. The number of rotatable bonds is 17. The fourth-order valence-electron chi connectivity index (χ4n) is 7.14. The molecular weight excluding hydrogens is 625 g/mol. The zero-order chi connectivity index (χ0) is 34.4. The summed E-state index contributed by atoms with van der Waals surface area (Å²) in [6, 6.07) is 5.08. The molecule has 1 amide bonds. The van der Waals surface area contributed by atoms with Crippen molar-refractivity contribution in [3.05, 3.63) is 53.1 Å². The Kier molecular flexibility index (Phi) is 12.7. The molecule has 1 aliphatic carbocycles. The highest BCUT2D eigenvalue weighted by Crippen LogP contribution is 2.55. The number of amides is 1. The Morgan fingerprint density at radius 3 is 2.38 bits per heavy atom. The number of ether oxygens (including phenoxy) is 2. The van der Waals surface area contributed by atoms with E-state index in [1.54, 1.807) is 25.2 Å². The van der Waals surface area contributed by atoms with Crippen molar-refractivity contribution in [1.29, 1.82) is 0 Å². The van der Waals surface area contributed by atoms with Gasteiger partial charge < -0.3 is 50.1 Å². The number of hydrogen-bond acceptors (Lipinski definition) is 12. The second-order valence-electron chi connectivity index (χ2n) is 13.5. The van der Waals surface area contributed by atoms with Gasteiger partial charge in [-0.1, -0.05) is 12.1 Å². The number of hydrogen-bond donors (Lipinski definition) is 6. The molecule has 1 aromatic heterocycles. The minimum absolute atomic E-state index is 0.0384. The van der Waals surface area contributed by atoms with E-state index in [4.69, 9.17) is 14.6 Å². The van der Waals surface area contributed by atoms with Gasteiger partial charge in [0.2, 0.25) is 11.9 Å². The molecule has 3 fully saturated rings. The monoisotopic (exact) mass is 675 g/mol. The van der Waals surface area contributed by atoms with E-state index in [1.807, 2.05) is 18.5 Å². The van der Waals surface area contributed by atoms with Gasteiger partial charge >= 0.3 is 0 Å². The van der Waals surface area contributed by atoms with E-state index in [0.29, 0.717) is 49.6 Å². The lowest BCUT2D eigenvalue weighted by Crippen LogP contribution is -2.55. The first-order chi connectivity index (χ1) is 23.1. The molecule has 0 spiro atoms. The second-order valence-corrected chi connectivity index (χ2v) is 13.5. The minimum atomic E-state index is -1.68. The Bertz CT molecular complexity index is 1330. The number of nitrogens with one attached hydrogen (secondary N) is 1. The Hall–Kier alpha value is -2.82. The fraction of sp³-hybridized carbons (Fsp3) is 0.676. The predicted octanol–water partition coefficient (Wildman–Crippen LogP) is 0.0287. The van der Waals surface area contributed by atoms with Gasteiger partial charge in [-0.25, -0.2) is 14.4 Å². The molecule has 6 N–H and O–H groups in total. The maximum absolute atomic E-state index is 15.3. The zero-order valence-corrected chi connectivity index (χ0v) is 27.7. The van der Waals surface area contributed by atoms with Crippen molar-refractivity contribution in [2.24, 2.45) is 23.7 Å². The van der Waals surface area contributed by atoms with Crippen LogP contribution in [-0.2, 0) is 27.3 Å². The summed E-state index contributed by atoms with van der Waals surface area (Å²) >= 11 is 0. The fourth-order valence-corrected chi connectivity index (χ4v) is 7.14. The summed E-state index contributed by atoms with van der Waals surface area (Å²) in [6.45, 7) is 2.95. The topological polar surface area (TPSA) is 181 Å². The molecule has 2 aliphatic heterocycles. The molecule has 1 saturated carbocycles. The summed E-state index contributed by atoms with van der Waals surface area (Å²) in [6.07, 6.45) is 0.337. The van der Waals surface area contributed by atoms with E-state index in [2.05, 4.69) is 20.2 Å². The summed E-state index contributed by atoms with van der Waals surface area (Å²) in [5, 5.41) is 50.9. The van der Waals surface area contributed by atoms with Gasteiger partial charge in [-0.15, -0.1) is 0 Å². The molecule has 2 saturated heterocycles. The van der Waals surface area contributed by atoms with Crippen LogP contribution >= 0.6 is 0 Å². The van der Waals surface area contributed by atoms with E-state index >= 15 is 4.39 Å². The van der Waals surface area contributed by atoms with Gasteiger partial charge in [0.1, 0.15) is 24.1 Å². The SMILES string of the molecule is COCc1cnc(N2CCC([C@H]3C[C@H]3C(OC)c3ccc(CC(=O)N4CC(CNC[C@H](O)[C@@H](O)[C@H](O)[C@H](O)CO)C4)c(F)c3)CC2)nc1. The van der Waals surface area contributed by atoms with E-state index in [9.17, 15) is 25.2 Å². The highest BCUT2D eigenvalue weighted by molar-refractivity contribution is 5.79. The summed E-state index contributed by atoms with van der Waals surface area (Å²) in [4.78, 5) is 25.8. The number of carbonyl (C=O) groups excluding carboxylic acids is 1. The lowest BCUT2D eigenvalue weighted by Gasteiger charge is -2.40. The Morgan fingerprint density at radius 1 is 1.06 bits per heavy atom. The maximum Gasteiger partial charge on any atom is 0.227 e. The molecule has 1 unspecified atom stereocenters. The van der Waals surface area contributed by atoms with E-state index < -0.39 is 36.8 Å². The first kappa shape index (κ1) is 36.5. The summed E-state index contributed by atoms with van der Waals surface area (Å²) in [5.74, 6) is 1.73. The van der Waals surface area contributed by atoms with Crippen LogP contribution in [0.1, 0.15) is 42.1 Å². The zero-order valence-electron chi connectivity index (χ0n) is 27.7. The van der Waals surface area contributed by atoms with Gasteiger partial charge in [-0.05, 0) is 54.2 Å². The number of piperidine rings is 1. The maximum atomic E-state index is 15.3. The number of anilines is 1. The van der Waals surface area contributed by atoms with Crippen LogP contribution in [0.25, 0.3) is 0 Å². The van der Waals surface area contributed by atoms with Crippen LogP contribution in [0.3, 0.4) is 0 Å². The molecule has 48 heavy (non-hydrogen) atoms. The van der Waals surface area contributed by atoms with Crippen LogP contribution in [-0.4, -0.2) is 131 Å². The largest absolute Gasteiger partial charge is 0.394 e. The first-order valence-corrected chi connectivity index (χ1v) is 16.8. The van der Waals surface area contributed by atoms with Gasteiger partial charge in [0.05, 0.1) is 31.8 Å². The average molecular weight is 676 g/mol. The normalized spacial score (nSPS) is 23.3. The Labute approximate surface area is 280 Å². The number of nitrogens with zero attached hydrogens (tertiary/aromatic N) is 4. The van der Waals surface area contributed by atoms with Crippen molar-refractivity contribution in [2.75, 3.05) is 65.0 Å². The van der Waals surface area contributed by atoms with E-state index in [1.165, 1.54) is 6.07 Å². The van der Waals surface area contributed by atoms with Gasteiger partial charge in [-0.3, -0.25) is 4.79 Å². The summed E-state index contributed by atoms with van der Waals surface area (Å²) < 4.78 is 26.3. The van der Waals surface area contributed by atoms with E-state index in [0.717, 1.165) is 49.4 Å². The smallest absolute Gasteiger partial charge is 0.227 e. The lowest BCUT2D eigenvalue weighted by atomic mass is 9.89. The van der Waals surface area contributed by atoms with Gasteiger partial charge in [0.25, 0.3) is 0 Å². The molecule has 266 valence electrons. The molecule has 14 heteroatoms. The number of halogens is 1. The summed E-state index contributed by atoms with van der Waals surface area (Å²) in [7, 11) is 3.32. The molecule has 0 bridgehead atoms. The summed E-state index contributed by atoms with van der Waals surface area (Å²) in [5.41, 5.74) is 2.09. The minimum Gasteiger partial charge on any atom is -0.394 e. The van der Waals surface area contributed by atoms with Crippen LogP contribution in [0.15, 0.2) is 30.6 Å². The number of aliphatic hydroxyl groups is 5. The van der Waals surface area contributed by atoms with Crippen molar-refractivity contribution < 1.29 is 44.2 Å². The molecule has 5 rings (SSSR count). The van der Waals surface area contributed by atoms with Crippen molar-refractivity contribution >= 4 is 11.9 Å². The molecule has 2 aromatic rings. The number of aliphatic hydroxyl groups excluding tert-OH is 5. The standard InChI is InChI=1S/C34H50FN5O8/c1-47-19-20-13-37-34(38-14-20)39-7-5-22(6-8-39)25-11-26(25)33(48-2)24-4-3-23(27(35)9-24)10-30(44)40-16-21(17-40)12-36-15-28(42)31(45)32(46)29(43)18-41/h3-4,9,13-14,21-22,25-26,28-29,31-33,36,41-43,45-46H,5-8,10-12,15-19H2,1-2H3/t25-,26-,28+,29-,31-,32-,33?/m1/s1. The molecule has 7 atom stereocenters. The lowest BCUT2D eigenvalue weighted by molar-refractivity contribution is -0.136. The number of likely N-dealkylation sites (tertiary alicyclic amines) is 1. The van der Waals surface area contributed by atoms with Crippen LogP contribution in [0.4, 0.5) is 10.3 Å². The molecule has 1 aromatic carbocycles. The second kappa shape index (κ2) is 16.7. The molecule has 3 aliphatic rings. The average Bonchev–Trinajstić information content (AvgIpc) is 3.87. The van der Waals surface area contributed by atoms with Gasteiger partial charge in [0.15, 0.2) is 0 Å². The van der Waals surface area contributed by atoms with Crippen LogP contribution in [0.2, 0.25) is 0 Å². The number of carbonyl (C=O) groups is 1. The van der Waals surface area contributed by atoms with Gasteiger partial charge in [0, 0.05) is 77.4 Å². The number of methoxy groups -OCH3 is 2. The first-order valence-electron chi connectivity index (χ1n) is 16.8. The van der Waals surface area contributed by atoms with Crippen LogP contribution < -0.4 is 10.2 Å². The molecule has 3 heterocycles. The Balaban J connectivity index is 1.03. The van der Waals surface area contributed by atoms with Crippen molar-refractivity contribution in [3.8, 4) is 0 Å².